The molecule has 0 radical (unpaired) electrons. The van der Waals surface area contributed by atoms with Gasteiger partial charge < -0.3 is 14.4 Å². The van der Waals surface area contributed by atoms with Gasteiger partial charge in [-0.15, -0.1) is 5.06 Å². The molecule has 3 heterocycles. The van der Waals surface area contributed by atoms with Crippen LogP contribution in [0, 0.1) is 5.92 Å². The minimum absolute atomic E-state index is 0.0882. The zero-order valence-corrected chi connectivity index (χ0v) is 17.9. The van der Waals surface area contributed by atoms with Crippen molar-refractivity contribution in [2.75, 3.05) is 25.0 Å². The number of thiazole rings is 1. The summed E-state index contributed by atoms with van der Waals surface area (Å²) >= 11 is 1.34. The molecule has 2 N–H and O–H groups in total. The van der Waals surface area contributed by atoms with Crippen molar-refractivity contribution in [2.45, 2.75) is 45.4 Å². The van der Waals surface area contributed by atoms with Crippen molar-refractivity contribution >= 4 is 34.7 Å². The molecule has 2 aromatic rings. The molecule has 0 spiro atoms. The van der Waals surface area contributed by atoms with Crippen LogP contribution in [-0.2, 0) is 10.3 Å². The smallest absolute Gasteiger partial charge is 0.432 e. The van der Waals surface area contributed by atoms with Crippen LogP contribution in [0.1, 0.15) is 56.6 Å². The topological polar surface area (TPSA) is 101 Å². The summed E-state index contributed by atoms with van der Waals surface area (Å²) in [6.45, 7) is 7.77. The Balaban J connectivity index is 1.47. The molecule has 0 aromatic carbocycles. The summed E-state index contributed by atoms with van der Waals surface area (Å²) in [7, 11) is 0. The van der Waals surface area contributed by atoms with Crippen molar-refractivity contribution in [3.63, 3.8) is 0 Å². The summed E-state index contributed by atoms with van der Waals surface area (Å²) in [5.74, 6) is 1.85. The van der Waals surface area contributed by atoms with Crippen molar-refractivity contribution in [2.24, 2.45) is 5.92 Å². The number of nitrogens with zero attached hydrogens (tertiary/aromatic N) is 3. The van der Waals surface area contributed by atoms with Gasteiger partial charge in [-0.2, -0.15) is 0 Å². The van der Waals surface area contributed by atoms with Crippen LogP contribution in [0.25, 0.3) is 12.2 Å². The quantitative estimate of drug-likeness (QED) is 0.724. The SMILES string of the molecule is CC(C)(C)c1cnc(/C=C/c2cnc(NC(=O)ON3CCC(CCO)CC3)s2)o1. The molecule has 29 heavy (non-hydrogen) atoms. The second kappa shape index (κ2) is 9.51. The van der Waals surface area contributed by atoms with Crippen molar-refractivity contribution < 1.29 is 19.2 Å². The lowest BCUT2D eigenvalue weighted by Crippen LogP contribution is -2.37. The van der Waals surface area contributed by atoms with E-state index in [4.69, 9.17) is 14.4 Å². The summed E-state index contributed by atoms with van der Waals surface area (Å²) in [4.78, 5) is 26.7. The Bertz CT molecular complexity index is 832. The number of aliphatic hydroxyl groups is 1. The molecule has 0 atom stereocenters. The maximum absolute atomic E-state index is 12.1. The van der Waals surface area contributed by atoms with Gasteiger partial charge in [-0.3, -0.25) is 5.32 Å². The molecule has 8 nitrogen and oxygen atoms in total. The van der Waals surface area contributed by atoms with Crippen LogP contribution in [0.2, 0.25) is 0 Å². The largest absolute Gasteiger partial charge is 0.441 e. The molecular weight excluding hydrogens is 392 g/mol. The first-order chi connectivity index (χ1) is 13.8. The zero-order valence-electron chi connectivity index (χ0n) is 17.1. The Morgan fingerprint density at radius 1 is 1.34 bits per heavy atom. The van der Waals surface area contributed by atoms with Gasteiger partial charge >= 0.3 is 6.09 Å². The minimum Gasteiger partial charge on any atom is -0.441 e. The van der Waals surface area contributed by atoms with E-state index in [0.29, 0.717) is 30.0 Å². The number of hydrogen-bond donors (Lipinski definition) is 2. The maximum atomic E-state index is 12.1. The minimum atomic E-state index is -0.544. The highest BCUT2D eigenvalue weighted by Crippen LogP contribution is 2.25. The molecule has 1 saturated heterocycles. The molecule has 1 aliphatic heterocycles. The Morgan fingerprint density at radius 3 is 2.76 bits per heavy atom. The first kappa shape index (κ1) is 21.5. The van der Waals surface area contributed by atoms with Crippen molar-refractivity contribution in [3.05, 3.63) is 28.9 Å². The van der Waals surface area contributed by atoms with Gasteiger partial charge in [0.2, 0.25) is 5.89 Å². The summed E-state index contributed by atoms with van der Waals surface area (Å²) in [5, 5.41) is 13.8. The lowest BCUT2D eigenvalue weighted by molar-refractivity contribution is -0.114. The average Bonchev–Trinajstić information content (AvgIpc) is 3.31. The van der Waals surface area contributed by atoms with Gasteiger partial charge in [0.05, 0.1) is 6.20 Å². The highest BCUT2D eigenvalue weighted by molar-refractivity contribution is 7.16. The summed E-state index contributed by atoms with van der Waals surface area (Å²) < 4.78 is 5.73. The van der Waals surface area contributed by atoms with E-state index >= 15 is 0 Å². The molecule has 0 saturated carbocycles. The van der Waals surface area contributed by atoms with E-state index in [0.717, 1.165) is 29.9 Å². The summed E-state index contributed by atoms with van der Waals surface area (Å²) in [6.07, 6.45) is 9.13. The van der Waals surface area contributed by atoms with E-state index in [1.54, 1.807) is 23.5 Å². The van der Waals surface area contributed by atoms with Crippen LogP contribution < -0.4 is 5.32 Å². The first-order valence-electron chi connectivity index (χ1n) is 9.78. The van der Waals surface area contributed by atoms with Crippen LogP contribution in [0.3, 0.4) is 0 Å². The fourth-order valence-corrected chi connectivity index (χ4v) is 3.69. The van der Waals surface area contributed by atoms with Gasteiger partial charge in [0.25, 0.3) is 0 Å². The van der Waals surface area contributed by atoms with Gasteiger partial charge in [-0.05, 0) is 31.3 Å². The molecule has 2 aromatic heterocycles. The first-order valence-corrected chi connectivity index (χ1v) is 10.6. The van der Waals surface area contributed by atoms with Gasteiger partial charge in [0, 0.05) is 42.3 Å². The number of amides is 1. The number of aliphatic hydroxyl groups excluding tert-OH is 1. The number of nitrogens with one attached hydrogen (secondary N) is 1. The molecule has 0 unspecified atom stereocenters. The van der Waals surface area contributed by atoms with Crippen LogP contribution in [0.5, 0.6) is 0 Å². The number of piperidine rings is 1. The monoisotopic (exact) mass is 420 g/mol. The maximum Gasteiger partial charge on any atom is 0.432 e. The number of hydrogen-bond acceptors (Lipinski definition) is 8. The zero-order chi connectivity index (χ0) is 20.9. The summed E-state index contributed by atoms with van der Waals surface area (Å²) in [6, 6.07) is 0. The lowest BCUT2D eigenvalue weighted by atomic mass is 9.94. The van der Waals surface area contributed by atoms with E-state index in [9.17, 15) is 4.79 Å². The van der Waals surface area contributed by atoms with Gasteiger partial charge in [-0.1, -0.05) is 32.1 Å². The number of carbonyl (C=O) groups excluding carboxylic acids is 1. The molecule has 1 amide bonds. The molecule has 158 valence electrons. The third-order valence-electron chi connectivity index (χ3n) is 4.71. The fourth-order valence-electron chi connectivity index (χ4n) is 2.99. The highest BCUT2D eigenvalue weighted by atomic mass is 32.1. The Morgan fingerprint density at radius 2 is 2.10 bits per heavy atom. The van der Waals surface area contributed by atoms with E-state index in [1.165, 1.54) is 11.3 Å². The normalized spacial score (nSPS) is 16.4. The highest BCUT2D eigenvalue weighted by Gasteiger charge is 2.22. The Kier molecular flexibility index (Phi) is 7.05. The molecule has 0 bridgehead atoms. The van der Waals surface area contributed by atoms with Crippen molar-refractivity contribution in [1.82, 2.24) is 15.0 Å². The van der Waals surface area contributed by atoms with Gasteiger partial charge in [0.15, 0.2) is 5.13 Å². The number of hydroxylamine groups is 2. The van der Waals surface area contributed by atoms with E-state index in [1.807, 2.05) is 6.08 Å². The van der Waals surface area contributed by atoms with Crippen molar-refractivity contribution in [1.29, 1.82) is 0 Å². The number of rotatable bonds is 6. The van der Waals surface area contributed by atoms with E-state index in [2.05, 4.69) is 36.1 Å². The third-order valence-corrected chi connectivity index (χ3v) is 5.59. The molecule has 1 aliphatic rings. The summed E-state index contributed by atoms with van der Waals surface area (Å²) in [5.41, 5.74) is -0.0882. The number of anilines is 1. The Hall–Kier alpha value is -2.23. The van der Waals surface area contributed by atoms with Crippen LogP contribution in [-0.4, -0.2) is 45.9 Å². The van der Waals surface area contributed by atoms with E-state index in [-0.39, 0.29) is 12.0 Å². The lowest BCUT2D eigenvalue weighted by Gasteiger charge is -2.29. The molecule has 9 heteroatoms. The molecule has 3 rings (SSSR count). The molecular formula is C20H28N4O4S. The van der Waals surface area contributed by atoms with Crippen LogP contribution in [0.4, 0.5) is 9.93 Å². The van der Waals surface area contributed by atoms with E-state index < -0.39 is 6.09 Å². The van der Waals surface area contributed by atoms with Crippen molar-refractivity contribution in [3.8, 4) is 0 Å². The number of oxazole rings is 1. The van der Waals surface area contributed by atoms with Gasteiger partial charge in [-0.25, -0.2) is 14.8 Å². The number of aromatic nitrogens is 2. The predicted octanol–water partition coefficient (Wildman–Crippen LogP) is 4.16. The van der Waals surface area contributed by atoms with Gasteiger partial charge in [0.1, 0.15) is 5.76 Å². The average molecular weight is 421 g/mol. The second-order valence-electron chi connectivity index (χ2n) is 8.10. The molecule has 0 aliphatic carbocycles. The van der Waals surface area contributed by atoms with Crippen LogP contribution in [0.15, 0.2) is 16.8 Å². The molecule has 1 fully saturated rings. The number of carbonyl (C=O) groups is 1. The van der Waals surface area contributed by atoms with Crippen LogP contribution >= 0.6 is 11.3 Å². The third kappa shape index (κ3) is 6.38. The predicted molar refractivity (Wildman–Crippen MR) is 112 cm³/mol. The standard InChI is InChI=1S/C20H28N4O4S/c1-20(2,3)16-13-21-17(27-16)5-4-15-12-22-18(29-15)23-19(26)28-24-9-6-14(7-10-24)8-11-25/h4-5,12-14,25H,6-11H2,1-3H3,(H,22,23,26)/b5-4+. The second-order valence-corrected chi connectivity index (χ2v) is 9.16. The Labute approximate surface area is 174 Å². The fraction of sp³-hybridized carbons (Fsp3) is 0.550.